The van der Waals surface area contributed by atoms with Gasteiger partial charge in [-0.3, -0.25) is 5.10 Å². The van der Waals surface area contributed by atoms with Crippen LogP contribution in [0.4, 0.5) is 39.5 Å². The summed E-state index contributed by atoms with van der Waals surface area (Å²) >= 11 is 0. The zero-order chi connectivity index (χ0) is 19.5. The lowest BCUT2D eigenvalue weighted by molar-refractivity contribution is -0.143. The zero-order valence-electron chi connectivity index (χ0n) is 12.0. The molecule has 0 aliphatic carbocycles. The van der Waals surface area contributed by atoms with E-state index < -0.39 is 57.9 Å². The number of rotatable bonds is 1. The van der Waals surface area contributed by atoms with E-state index in [0.29, 0.717) is 12.1 Å². The largest absolute Gasteiger partial charge is 0.432 e. The van der Waals surface area contributed by atoms with Crippen molar-refractivity contribution in [3.63, 3.8) is 0 Å². The quantitative estimate of drug-likeness (QED) is 0.576. The molecule has 2 N–H and O–H groups in total. The molecule has 0 atom stereocenters. The van der Waals surface area contributed by atoms with Gasteiger partial charge in [-0.15, -0.1) is 0 Å². The molecule has 4 nitrogen and oxygen atoms in total. The molecule has 0 saturated heterocycles. The molecule has 0 amide bonds. The van der Waals surface area contributed by atoms with Gasteiger partial charge in [-0.1, -0.05) is 0 Å². The second-order valence-corrected chi connectivity index (χ2v) is 5.16. The molecule has 0 spiro atoms. The number of fused-ring (bicyclic) bond motifs is 1. The Morgan fingerprint density at radius 2 is 1.42 bits per heavy atom. The topological polar surface area (TPSA) is 57.4 Å². The van der Waals surface area contributed by atoms with Crippen LogP contribution in [0.3, 0.4) is 0 Å². The number of benzene rings is 1. The zero-order valence-corrected chi connectivity index (χ0v) is 12.0. The average Bonchev–Trinajstić information content (AvgIpc) is 3.09. The number of H-pyrrole nitrogens is 2. The standard InChI is InChI=1S/C13H5F9N4/c14-11(15,16)4-1-5(12(17,18)19)9-6(2-4)23-10(24-9)7-3-8(26-25-7)13(20,21)22/h1-3H,(H,23,24)(H,25,26). The third-order valence-electron chi connectivity index (χ3n) is 3.35. The fraction of sp³-hybridized carbons (Fsp3) is 0.231. The Balaban J connectivity index is 2.20. The number of hydrogen-bond donors (Lipinski definition) is 2. The van der Waals surface area contributed by atoms with Gasteiger partial charge in [-0.25, -0.2) is 4.98 Å². The SMILES string of the molecule is FC(F)(F)c1cc(C(F)(F)F)c2[nH]c(-c3cc(C(F)(F)F)[nH]n3)nc2c1. The van der Waals surface area contributed by atoms with E-state index in [1.807, 2.05) is 0 Å². The third kappa shape index (κ3) is 3.20. The van der Waals surface area contributed by atoms with Crippen LogP contribution in [-0.2, 0) is 18.5 Å². The maximum Gasteiger partial charge on any atom is 0.432 e. The van der Waals surface area contributed by atoms with Crippen molar-refractivity contribution in [2.24, 2.45) is 0 Å². The van der Waals surface area contributed by atoms with Crippen molar-refractivity contribution in [2.45, 2.75) is 18.5 Å². The number of aromatic nitrogens is 4. The number of imidazole rings is 1. The molecule has 26 heavy (non-hydrogen) atoms. The van der Waals surface area contributed by atoms with Crippen molar-refractivity contribution >= 4 is 11.0 Å². The summed E-state index contributed by atoms with van der Waals surface area (Å²) in [6.07, 6.45) is -15.0. The lowest BCUT2D eigenvalue weighted by atomic mass is 10.1. The number of hydrogen-bond acceptors (Lipinski definition) is 2. The smallest absolute Gasteiger partial charge is 0.336 e. The first-order valence-corrected chi connectivity index (χ1v) is 6.58. The van der Waals surface area contributed by atoms with Crippen LogP contribution in [0.1, 0.15) is 16.8 Å². The van der Waals surface area contributed by atoms with Crippen molar-refractivity contribution in [3.05, 3.63) is 35.0 Å². The second-order valence-electron chi connectivity index (χ2n) is 5.16. The Kier molecular flexibility index (Phi) is 3.74. The van der Waals surface area contributed by atoms with Gasteiger partial charge < -0.3 is 4.98 Å². The average molecular weight is 388 g/mol. The number of alkyl halides is 9. The summed E-state index contributed by atoms with van der Waals surface area (Å²) in [5.74, 6) is -0.545. The molecule has 0 radical (unpaired) electrons. The van der Waals surface area contributed by atoms with Gasteiger partial charge in [-0.05, 0) is 18.2 Å². The normalized spacial score (nSPS) is 13.6. The first kappa shape index (κ1) is 18.1. The van der Waals surface area contributed by atoms with Gasteiger partial charge in [0.2, 0.25) is 0 Å². The van der Waals surface area contributed by atoms with Crippen molar-refractivity contribution in [3.8, 4) is 11.5 Å². The predicted molar refractivity (Wildman–Crippen MR) is 68.7 cm³/mol. The number of halogens is 9. The van der Waals surface area contributed by atoms with Crippen LogP contribution in [0.15, 0.2) is 18.2 Å². The molecular weight excluding hydrogens is 383 g/mol. The Morgan fingerprint density at radius 3 is 1.92 bits per heavy atom. The van der Waals surface area contributed by atoms with Crippen LogP contribution in [-0.4, -0.2) is 20.2 Å². The number of nitrogens with zero attached hydrogens (tertiary/aromatic N) is 2. The third-order valence-corrected chi connectivity index (χ3v) is 3.35. The summed E-state index contributed by atoms with van der Waals surface area (Å²) in [6.45, 7) is 0. The van der Waals surface area contributed by atoms with Gasteiger partial charge in [0.15, 0.2) is 5.82 Å². The Labute approximate surface area is 137 Å². The van der Waals surface area contributed by atoms with Crippen LogP contribution < -0.4 is 0 Å². The van der Waals surface area contributed by atoms with Gasteiger partial charge >= 0.3 is 18.5 Å². The second kappa shape index (κ2) is 5.38. The molecule has 2 aromatic heterocycles. The minimum atomic E-state index is -5.15. The Hall–Kier alpha value is -2.73. The van der Waals surface area contributed by atoms with Crippen molar-refractivity contribution in [2.75, 3.05) is 0 Å². The van der Waals surface area contributed by atoms with E-state index in [-0.39, 0.29) is 6.07 Å². The fourth-order valence-electron chi connectivity index (χ4n) is 2.21. The fourth-order valence-corrected chi connectivity index (χ4v) is 2.21. The van der Waals surface area contributed by atoms with E-state index in [1.54, 1.807) is 5.10 Å². The monoisotopic (exact) mass is 388 g/mol. The molecule has 0 aliphatic heterocycles. The maximum atomic E-state index is 13.1. The van der Waals surface area contributed by atoms with Gasteiger partial charge in [0, 0.05) is 0 Å². The van der Waals surface area contributed by atoms with Crippen LogP contribution in [0.5, 0.6) is 0 Å². The summed E-state index contributed by atoms with van der Waals surface area (Å²) in [4.78, 5) is 5.60. The first-order valence-electron chi connectivity index (χ1n) is 6.58. The molecule has 1 aromatic carbocycles. The number of aromatic amines is 2. The van der Waals surface area contributed by atoms with Gasteiger partial charge in [0.25, 0.3) is 0 Å². The Bertz CT molecular complexity index is 959. The Morgan fingerprint density at radius 1 is 0.769 bits per heavy atom. The van der Waals surface area contributed by atoms with E-state index in [2.05, 4.69) is 15.1 Å². The highest BCUT2D eigenvalue weighted by molar-refractivity contribution is 5.83. The van der Waals surface area contributed by atoms with Crippen molar-refractivity contribution in [1.29, 1.82) is 0 Å². The predicted octanol–water partition coefficient (Wildman–Crippen LogP) is 5.01. The highest BCUT2D eigenvalue weighted by atomic mass is 19.4. The van der Waals surface area contributed by atoms with Crippen LogP contribution in [0, 0.1) is 0 Å². The van der Waals surface area contributed by atoms with Crippen molar-refractivity contribution in [1.82, 2.24) is 20.2 Å². The number of nitrogens with one attached hydrogen (secondary N) is 2. The molecule has 3 aromatic rings. The highest BCUT2D eigenvalue weighted by Gasteiger charge is 2.39. The van der Waals surface area contributed by atoms with E-state index in [0.717, 1.165) is 0 Å². The molecule has 0 aliphatic rings. The summed E-state index contributed by atoms with van der Waals surface area (Å²) in [6, 6.07) is 0.730. The summed E-state index contributed by atoms with van der Waals surface area (Å²) in [5, 5.41) is 4.90. The van der Waals surface area contributed by atoms with Crippen LogP contribution in [0.25, 0.3) is 22.6 Å². The van der Waals surface area contributed by atoms with Crippen molar-refractivity contribution < 1.29 is 39.5 Å². The summed E-state index contributed by atoms with van der Waals surface area (Å²) in [7, 11) is 0. The molecule has 0 bridgehead atoms. The lowest BCUT2D eigenvalue weighted by Gasteiger charge is -2.12. The molecule has 13 heteroatoms. The minimum absolute atomic E-state index is 0.101. The van der Waals surface area contributed by atoms with Gasteiger partial charge in [-0.2, -0.15) is 44.6 Å². The maximum absolute atomic E-state index is 13.1. The van der Waals surface area contributed by atoms with Gasteiger partial charge in [0.1, 0.15) is 11.4 Å². The van der Waals surface area contributed by atoms with E-state index in [9.17, 15) is 39.5 Å². The molecular formula is C13H5F9N4. The van der Waals surface area contributed by atoms with E-state index >= 15 is 0 Å². The summed E-state index contributed by atoms with van der Waals surface area (Å²) < 4.78 is 115. The molecule has 2 heterocycles. The van der Waals surface area contributed by atoms with E-state index in [4.69, 9.17) is 0 Å². The summed E-state index contributed by atoms with van der Waals surface area (Å²) in [5.41, 5.74) is -6.54. The molecule has 140 valence electrons. The highest BCUT2D eigenvalue weighted by Crippen LogP contribution is 2.40. The molecule has 0 saturated carbocycles. The molecule has 0 fully saturated rings. The van der Waals surface area contributed by atoms with Gasteiger partial charge in [0.05, 0.1) is 22.2 Å². The first-order chi connectivity index (χ1) is 11.8. The minimum Gasteiger partial charge on any atom is -0.336 e. The van der Waals surface area contributed by atoms with E-state index in [1.165, 1.54) is 0 Å². The molecule has 0 unspecified atom stereocenters. The lowest BCUT2D eigenvalue weighted by Crippen LogP contribution is -2.11. The van der Waals surface area contributed by atoms with Crippen LogP contribution in [0.2, 0.25) is 0 Å². The molecule has 3 rings (SSSR count). The van der Waals surface area contributed by atoms with Crippen LogP contribution >= 0.6 is 0 Å².